The van der Waals surface area contributed by atoms with Crippen molar-refractivity contribution in [1.82, 2.24) is 0 Å². The average molecular weight is 226 g/mol. The van der Waals surface area contributed by atoms with Crippen LogP contribution in [0.15, 0.2) is 42.5 Å². The summed E-state index contributed by atoms with van der Waals surface area (Å²) >= 11 is 0. The second kappa shape index (κ2) is 4.50. The average Bonchev–Trinajstić information content (AvgIpc) is 2.36. The number of rotatable bonds is 3. The molecule has 0 saturated carbocycles. The van der Waals surface area contributed by atoms with E-state index in [1.165, 1.54) is 0 Å². The highest BCUT2D eigenvalue weighted by atomic mass is 16.2. The van der Waals surface area contributed by atoms with E-state index < -0.39 is 5.78 Å². The summed E-state index contributed by atoms with van der Waals surface area (Å²) in [5.74, 6) is -0.986. The Bertz CT molecular complexity index is 577. The van der Waals surface area contributed by atoms with Crippen LogP contribution in [-0.2, 0) is 4.79 Å². The zero-order valence-corrected chi connectivity index (χ0v) is 9.94. The molecule has 0 fully saturated rings. The summed E-state index contributed by atoms with van der Waals surface area (Å²) in [5.41, 5.74) is 0.502. The molecule has 0 saturated heterocycles. The summed E-state index contributed by atoms with van der Waals surface area (Å²) in [5, 5.41) is 1.82. The molecule has 0 unspecified atom stereocenters. The van der Waals surface area contributed by atoms with Gasteiger partial charge in [-0.25, -0.2) is 0 Å². The lowest BCUT2D eigenvalue weighted by atomic mass is 9.95. The second-order valence-corrected chi connectivity index (χ2v) is 4.37. The minimum absolute atomic E-state index is 0.263. The van der Waals surface area contributed by atoms with Crippen molar-refractivity contribution in [1.29, 1.82) is 0 Å². The highest BCUT2D eigenvalue weighted by molar-refractivity contribution is 6.46. The Labute approximate surface area is 100 Å². The molecule has 0 amide bonds. The zero-order chi connectivity index (χ0) is 12.4. The SMILES string of the molecule is CC(C)C(=O)C(=O)c1cccc2ccccc12. The van der Waals surface area contributed by atoms with Crippen LogP contribution < -0.4 is 0 Å². The first kappa shape index (κ1) is 11.5. The Morgan fingerprint density at radius 1 is 0.941 bits per heavy atom. The fourth-order valence-electron chi connectivity index (χ4n) is 1.82. The summed E-state index contributed by atoms with van der Waals surface area (Å²) in [6, 6.07) is 13.1. The minimum atomic E-state index is -0.392. The number of carbonyl (C=O) groups is 2. The molecule has 0 spiro atoms. The molecule has 0 aliphatic rings. The number of carbonyl (C=O) groups excluding carboxylic acids is 2. The fourth-order valence-corrected chi connectivity index (χ4v) is 1.82. The van der Waals surface area contributed by atoms with E-state index in [1.807, 2.05) is 36.4 Å². The van der Waals surface area contributed by atoms with E-state index >= 15 is 0 Å². The van der Waals surface area contributed by atoms with Crippen molar-refractivity contribution in [3.8, 4) is 0 Å². The van der Waals surface area contributed by atoms with Crippen molar-refractivity contribution in [3.05, 3.63) is 48.0 Å². The van der Waals surface area contributed by atoms with Gasteiger partial charge in [0.15, 0.2) is 0 Å². The maximum absolute atomic E-state index is 12.1. The molecule has 0 aromatic heterocycles. The number of hydrogen-bond donors (Lipinski definition) is 0. The van der Waals surface area contributed by atoms with E-state index in [0.717, 1.165) is 10.8 Å². The van der Waals surface area contributed by atoms with Crippen LogP contribution in [0.2, 0.25) is 0 Å². The lowest BCUT2D eigenvalue weighted by Crippen LogP contribution is -2.19. The maximum atomic E-state index is 12.1. The van der Waals surface area contributed by atoms with Gasteiger partial charge in [-0.05, 0) is 10.8 Å². The summed E-state index contributed by atoms with van der Waals surface area (Å²) in [7, 11) is 0. The summed E-state index contributed by atoms with van der Waals surface area (Å²) in [6.07, 6.45) is 0. The number of ketones is 2. The van der Waals surface area contributed by atoms with Gasteiger partial charge in [-0.3, -0.25) is 9.59 Å². The Kier molecular flexibility index (Phi) is 3.05. The van der Waals surface area contributed by atoms with Crippen LogP contribution in [0.4, 0.5) is 0 Å². The van der Waals surface area contributed by atoms with Crippen LogP contribution in [0, 0.1) is 5.92 Å². The van der Waals surface area contributed by atoms with Crippen LogP contribution >= 0.6 is 0 Å². The van der Waals surface area contributed by atoms with Gasteiger partial charge in [-0.15, -0.1) is 0 Å². The molecule has 0 heterocycles. The van der Waals surface area contributed by atoms with Gasteiger partial charge in [-0.1, -0.05) is 56.3 Å². The van der Waals surface area contributed by atoms with E-state index in [-0.39, 0.29) is 11.7 Å². The molecule has 0 N–H and O–H groups in total. The van der Waals surface area contributed by atoms with Gasteiger partial charge in [0.1, 0.15) is 0 Å². The van der Waals surface area contributed by atoms with E-state index in [2.05, 4.69) is 0 Å². The molecule has 2 rings (SSSR count). The lowest BCUT2D eigenvalue weighted by molar-refractivity contribution is -0.117. The van der Waals surface area contributed by atoms with Gasteiger partial charge in [-0.2, -0.15) is 0 Å². The van der Waals surface area contributed by atoms with Crippen LogP contribution in [0.1, 0.15) is 24.2 Å². The maximum Gasteiger partial charge on any atom is 0.229 e. The van der Waals surface area contributed by atoms with E-state index in [0.29, 0.717) is 5.56 Å². The molecule has 0 radical (unpaired) electrons. The molecule has 0 bridgehead atoms. The summed E-state index contributed by atoms with van der Waals surface area (Å²) in [4.78, 5) is 23.8. The quantitative estimate of drug-likeness (QED) is 0.594. The first-order chi connectivity index (χ1) is 8.11. The third-order valence-electron chi connectivity index (χ3n) is 2.78. The van der Waals surface area contributed by atoms with Crippen LogP contribution in [0.3, 0.4) is 0 Å². The van der Waals surface area contributed by atoms with Gasteiger partial charge in [0, 0.05) is 11.5 Å². The Hall–Kier alpha value is -1.96. The lowest BCUT2D eigenvalue weighted by Gasteiger charge is -2.06. The molecule has 0 aliphatic carbocycles. The smallest absolute Gasteiger partial charge is 0.229 e. The first-order valence-electron chi connectivity index (χ1n) is 5.67. The van der Waals surface area contributed by atoms with Crippen molar-refractivity contribution in [2.75, 3.05) is 0 Å². The zero-order valence-electron chi connectivity index (χ0n) is 9.94. The number of fused-ring (bicyclic) bond motifs is 1. The first-order valence-corrected chi connectivity index (χ1v) is 5.67. The molecular weight excluding hydrogens is 212 g/mol. The second-order valence-electron chi connectivity index (χ2n) is 4.37. The molecule has 2 aromatic rings. The number of hydrogen-bond acceptors (Lipinski definition) is 2. The van der Waals surface area contributed by atoms with Crippen LogP contribution in [0.25, 0.3) is 10.8 Å². The molecule has 86 valence electrons. The Morgan fingerprint density at radius 2 is 1.59 bits per heavy atom. The summed E-state index contributed by atoms with van der Waals surface area (Å²) < 4.78 is 0. The predicted molar refractivity (Wildman–Crippen MR) is 68.1 cm³/mol. The minimum Gasteiger partial charge on any atom is -0.290 e. The van der Waals surface area contributed by atoms with Gasteiger partial charge in [0.25, 0.3) is 0 Å². The van der Waals surface area contributed by atoms with Crippen LogP contribution in [0.5, 0.6) is 0 Å². The van der Waals surface area contributed by atoms with Crippen molar-refractivity contribution < 1.29 is 9.59 Å². The molecule has 2 nitrogen and oxygen atoms in total. The van der Waals surface area contributed by atoms with E-state index in [9.17, 15) is 9.59 Å². The van der Waals surface area contributed by atoms with E-state index in [1.54, 1.807) is 19.9 Å². The van der Waals surface area contributed by atoms with Crippen molar-refractivity contribution in [2.24, 2.45) is 5.92 Å². The van der Waals surface area contributed by atoms with Crippen molar-refractivity contribution >= 4 is 22.3 Å². The van der Waals surface area contributed by atoms with E-state index in [4.69, 9.17) is 0 Å². The molecule has 0 aliphatic heterocycles. The molecular formula is C15H14O2. The molecule has 2 heteroatoms. The number of Topliss-reactive ketones (excluding diaryl/α,β-unsaturated/α-hetero) is 2. The molecule has 0 atom stereocenters. The standard InChI is InChI=1S/C15H14O2/c1-10(2)14(16)15(17)13-9-5-7-11-6-3-4-8-12(11)13/h3-10H,1-2H3. The Balaban J connectivity index is 2.56. The third-order valence-corrected chi connectivity index (χ3v) is 2.78. The fraction of sp³-hybridized carbons (Fsp3) is 0.200. The predicted octanol–water partition coefficient (Wildman–Crippen LogP) is 3.25. The highest BCUT2D eigenvalue weighted by Crippen LogP contribution is 2.20. The van der Waals surface area contributed by atoms with Gasteiger partial charge >= 0.3 is 0 Å². The van der Waals surface area contributed by atoms with Gasteiger partial charge in [0.05, 0.1) is 0 Å². The van der Waals surface area contributed by atoms with Gasteiger partial charge in [0.2, 0.25) is 11.6 Å². The molecule has 2 aromatic carbocycles. The monoisotopic (exact) mass is 226 g/mol. The summed E-state index contributed by atoms with van der Waals surface area (Å²) in [6.45, 7) is 3.48. The van der Waals surface area contributed by atoms with Gasteiger partial charge < -0.3 is 0 Å². The topological polar surface area (TPSA) is 34.1 Å². The highest BCUT2D eigenvalue weighted by Gasteiger charge is 2.20. The van der Waals surface area contributed by atoms with Crippen molar-refractivity contribution in [2.45, 2.75) is 13.8 Å². The largest absolute Gasteiger partial charge is 0.290 e. The van der Waals surface area contributed by atoms with Crippen molar-refractivity contribution in [3.63, 3.8) is 0 Å². The van der Waals surface area contributed by atoms with Crippen LogP contribution in [-0.4, -0.2) is 11.6 Å². The third kappa shape index (κ3) is 2.11. The molecule has 17 heavy (non-hydrogen) atoms. The Morgan fingerprint density at radius 3 is 2.29 bits per heavy atom. The number of benzene rings is 2. The normalized spacial score (nSPS) is 10.8.